The summed E-state index contributed by atoms with van der Waals surface area (Å²) < 4.78 is 5.04. The molecule has 0 saturated carbocycles. The molecule has 2 aromatic carbocycles. The molecule has 0 aliphatic carbocycles. The van der Waals surface area contributed by atoms with Gasteiger partial charge in [-0.3, -0.25) is 4.79 Å². The van der Waals surface area contributed by atoms with Crippen LogP contribution in [0, 0.1) is 0 Å². The molecule has 0 saturated heterocycles. The van der Waals surface area contributed by atoms with Gasteiger partial charge < -0.3 is 9.73 Å². The Kier molecular flexibility index (Phi) is 4.69. The van der Waals surface area contributed by atoms with Crippen LogP contribution in [-0.2, 0) is 4.79 Å². The third-order valence-corrected chi connectivity index (χ3v) is 3.83. The summed E-state index contributed by atoms with van der Waals surface area (Å²) in [6.45, 7) is 0. The molecule has 4 nitrogen and oxygen atoms in total. The van der Waals surface area contributed by atoms with Crippen molar-refractivity contribution in [3.05, 3.63) is 80.6 Å². The number of carbonyl (C=O) groups excluding carboxylic acids is 1. The van der Waals surface area contributed by atoms with Crippen molar-refractivity contribution in [2.45, 2.75) is 0 Å². The number of rotatable bonds is 3. The van der Waals surface area contributed by atoms with Crippen LogP contribution in [0.25, 0.3) is 17.0 Å². The van der Waals surface area contributed by atoms with Crippen LogP contribution in [0.1, 0.15) is 5.56 Å². The van der Waals surface area contributed by atoms with E-state index in [1.807, 2.05) is 0 Å². The molecule has 0 atom stereocenters. The third-order valence-electron chi connectivity index (χ3n) is 3.26. The Hall–Kier alpha value is -2.56. The van der Waals surface area contributed by atoms with Gasteiger partial charge in [-0.15, -0.1) is 0 Å². The highest BCUT2D eigenvalue weighted by atomic mass is 35.5. The second-order valence-electron chi connectivity index (χ2n) is 5.00. The number of nitrogens with one attached hydrogen (secondary N) is 1. The van der Waals surface area contributed by atoms with Crippen LogP contribution >= 0.6 is 23.2 Å². The van der Waals surface area contributed by atoms with E-state index in [0.717, 1.165) is 5.39 Å². The van der Waals surface area contributed by atoms with Gasteiger partial charge in [-0.1, -0.05) is 29.3 Å². The first-order valence-electron chi connectivity index (χ1n) is 6.99. The molecule has 1 aromatic heterocycles. The molecule has 0 fully saturated rings. The Labute approximate surface area is 147 Å². The third kappa shape index (κ3) is 3.85. The summed E-state index contributed by atoms with van der Waals surface area (Å²) in [6, 6.07) is 13.0. The van der Waals surface area contributed by atoms with E-state index in [0.29, 0.717) is 26.9 Å². The Morgan fingerprint density at radius 2 is 1.88 bits per heavy atom. The molecular formula is C18H11Cl2NO3. The first-order chi connectivity index (χ1) is 11.5. The molecular weight excluding hydrogens is 349 g/mol. The van der Waals surface area contributed by atoms with Gasteiger partial charge in [0.25, 0.3) is 0 Å². The predicted octanol–water partition coefficient (Wildman–Crippen LogP) is 4.75. The van der Waals surface area contributed by atoms with Crippen LogP contribution in [0.15, 0.2) is 63.8 Å². The van der Waals surface area contributed by atoms with E-state index in [2.05, 4.69) is 5.32 Å². The number of hydrogen-bond acceptors (Lipinski definition) is 3. The zero-order chi connectivity index (χ0) is 17.1. The molecule has 3 aromatic rings. The highest BCUT2D eigenvalue weighted by Crippen LogP contribution is 2.22. The van der Waals surface area contributed by atoms with E-state index in [-0.39, 0.29) is 5.91 Å². The van der Waals surface area contributed by atoms with E-state index in [1.165, 1.54) is 12.1 Å². The monoisotopic (exact) mass is 359 g/mol. The smallest absolute Gasteiger partial charge is 0.336 e. The maximum absolute atomic E-state index is 12.0. The minimum Gasteiger partial charge on any atom is -0.423 e. The van der Waals surface area contributed by atoms with E-state index < -0.39 is 5.63 Å². The zero-order valence-electron chi connectivity index (χ0n) is 12.3. The van der Waals surface area contributed by atoms with Crippen molar-refractivity contribution in [3.8, 4) is 0 Å². The molecule has 0 unspecified atom stereocenters. The van der Waals surface area contributed by atoms with Crippen molar-refractivity contribution < 1.29 is 9.21 Å². The van der Waals surface area contributed by atoms with Gasteiger partial charge in [-0.25, -0.2) is 4.79 Å². The summed E-state index contributed by atoms with van der Waals surface area (Å²) in [5, 5.41) is 4.45. The van der Waals surface area contributed by atoms with E-state index >= 15 is 0 Å². The molecule has 0 aliphatic heterocycles. The summed E-state index contributed by atoms with van der Waals surface area (Å²) in [6.07, 6.45) is 2.98. The molecule has 6 heteroatoms. The van der Waals surface area contributed by atoms with Crippen LogP contribution in [0.5, 0.6) is 0 Å². The minimum atomic E-state index is -0.415. The van der Waals surface area contributed by atoms with Crippen molar-refractivity contribution in [1.29, 1.82) is 0 Å². The predicted molar refractivity (Wildman–Crippen MR) is 96.6 cm³/mol. The first-order valence-corrected chi connectivity index (χ1v) is 7.75. The number of fused-ring (bicyclic) bond motifs is 1. The van der Waals surface area contributed by atoms with Gasteiger partial charge in [0.1, 0.15) is 5.58 Å². The molecule has 1 N–H and O–H groups in total. The number of halogens is 2. The fraction of sp³-hybridized carbons (Fsp3) is 0. The van der Waals surface area contributed by atoms with Gasteiger partial charge >= 0.3 is 5.63 Å². The Morgan fingerprint density at radius 1 is 1.04 bits per heavy atom. The van der Waals surface area contributed by atoms with Crippen molar-refractivity contribution in [3.63, 3.8) is 0 Å². The summed E-state index contributed by atoms with van der Waals surface area (Å²) in [5.41, 5.74) is 1.33. The second kappa shape index (κ2) is 6.91. The minimum absolute atomic E-state index is 0.308. The highest BCUT2D eigenvalue weighted by Gasteiger charge is 2.03. The molecule has 120 valence electrons. The van der Waals surface area contributed by atoms with Gasteiger partial charge in [0, 0.05) is 33.3 Å². The molecule has 1 amide bonds. The normalized spacial score (nSPS) is 11.1. The van der Waals surface area contributed by atoms with Gasteiger partial charge in [0.05, 0.1) is 0 Å². The van der Waals surface area contributed by atoms with Crippen LogP contribution < -0.4 is 10.9 Å². The molecule has 0 bridgehead atoms. The van der Waals surface area contributed by atoms with E-state index in [1.54, 1.807) is 48.5 Å². The van der Waals surface area contributed by atoms with Crippen LogP contribution in [-0.4, -0.2) is 5.91 Å². The van der Waals surface area contributed by atoms with Crippen molar-refractivity contribution in [2.24, 2.45) is 0 Å². The van der Waals surface area contributed by atoms with Gasteiger partial charge in [0.2, 0.25) is 5.91 Å². The molecule has 0 radical (unpaired) electrons. The first kappa shape index (κ1) is 16.3. The molecule has 0 spiro atoms. The highest BCUT2D eigenvalue weighted by molar-refractivity contribution is 6.35. The molecule has 24 heavy (non-hydrogen) atoms. The fourth-order valence-corrected chi connectivity index (χ4v) is 2.61. The lowest BCUT2D eigenvalue weighted by Crippen LogP contribution is -2.07. The number of hydrogen-bond donors (Lipinski definition) is 1. The Morgan fingerprint density at radius 3 is 2.67 bits per heavy atom. The van der Waals surface area contributed by atoms with Crippen LogP contribution in [0.2, 0.25) is 10.0 Å². The Balaban J connectivity index is 1.75. The van der Waals surface area contributed by atoms with E-state index in [4.69, 9.17) is 27.6 Å². The molecule has 1 heterocycles. The lowest BCUT2D eigenvalue weighted by atomic mass is 10.2. The lowest BCUT2D eigenvalue weighted by Gasteiger charge is -2.04. The van der Waals surface area contributed by atoms with Crippen molar-refractivity contribution in [1.82, 2.24) is 0 Å². The molecule has 3 rings (SSSR count). The average Bonchev–Trinajstić information content (AvgIpc) is 2.54. The Bertz CT molecular complexity index is 1010. The number of carbonyl (C=O) groups is 1. The maximum Gasteiger partial charge on any atom is 0.336 e. The summed E-state index contributed by atoms with van der Waals surface area (Å²) >= 11 is 11.9. The van der Waals surface area contributed by atoms with Gasteiger partial charge in [-0.2, -0.15) is 0 Å². The summed E-state index contributed by atoms with van der Waals surface area (Å²) in [5.74, 6) is -0.308. The largest absolute Gasteiger partial charge is 0.423 e. The maximum atomic E-state index is 12.0. The second-order valence-corrected chi connectivity index (χ2v) is 5.84. The lowest BCUT2D eigenvalue weighted by molar-refractivity contribution is -0.111. The fourth-order valence-electron chi connectivity index (χ4n) is 2.14. The van der Waals surface area contributed by atoms with Crippen molar-refractivity contribution >= 4 is 51.8 Å². The van der Waals surface area contributed by atoms with Gasteiger partial charge in [-0.05, 0) is 48.0 Å². The standard InChI is InChI=1S/C18H11Cl2NO3/c19-13-4-1-11(15(20)10-13)2-7-17(22)21-14-5-6-16-12(9-14)3-8-18(23)24-16/h1-10H,(H,21,22). The number of anilines is 1. The zero-order valence-corrected chi connectivity index (χ0v) is 13.8. The number of benzene rings is 2. The summed E-state index contributed by atoms with van der Waals surface area (Å²) in [7, 11) is 0. The van der Waals surface area contributed by atoms with E-state index in [9.17, 15) is 9.59 Å². The van der Waals surface area contributed by atoms with Crippen molar-refractivity contribution in [2.75, 3.05) is 5.32 Å². The SMILES string of the molecule is O=C(C=Cc1ccc(Cl)cc1Cl)Nc1ccc2oc(=O)ccc2c1. The van der Waals surface area contributed by atoms with Crippen LogP contribution in [0.3, 0.4) is 0 Å². The van der Waals surface area contributed by atoms with Gasteiger partial charge in [0.15, 0.2) is 0 Å². The quantitative estimate of drug-likeness (QED) is 0.542. The average molecular weight is 360 g/mol. The number of amides is 1. The topological polar surface area (TPSA) is 59.3 Å². The van der Waals surface area contributed by atoms with Crippen LogP contribution in [0.4, 0.5) is 5.69 Å². The summed E-state index contributed by atoms with van der Waals surface area (Å²) in [4.78, 5) is 23.2. The molecule has 0 aliphatic rings.